The van der Waals surface area contributed by atoms with Crippen LogP contribution in [0.2, 0.25) is 18.1 Å². The summed E-state index contributed by atoms with van der Waals surface area (Å²) < 4.78 is 10.9. The molecule has 0 aliphatic carbocycles. The zero-order chi connectivity index (χ0) is 13.1. The van der Waals surface area contributed by atoms with Gasteiger partial charge in [0.05, 0.1) is 19.1 Å². The Bertz CT molecular complexity index is 243. The van der Waals surface area contributed by atoms with Gasteiger partial charge in [0.15, 0.2) is 8.32 Å². The number of hydrogen-bond donors (Lipinski definition) is 0. The van der Waals surface area contributed by atoms with E-state index in [0.29, 0.717) is 0 Å². The minimum Gasteiger partial charge on any atom is -0.469 e. The van der Waals surface area contributed by atoms with Crippen molar-refractivity contribution >= 4 is 14.3 Å². The molecule has 0 aromatic rings. The van der Waals surface area contributed by atoms with E-state index in [-0.39, 0.29) is 23.0 Å². The van der Waals surface area contributed by atoms with Crippen molar-refractivity contribution in [1.82, 2.24) is 0 Å². The van der Waals surface area contributed by atoms with Crippen molar-refractivity contribution < 1.29 is 14.0 Å². The van der Waals surface area contributed by atoms with E-state index in [1.165, 1.54) is 7.11 Å². The summed E-state index contributed by atoms with van der Waals surface area (Å²) in [6.07, 6.45) is -0.0895. The van der Waals surface area contributed by atoms with Crippen molar-refractivity contribution in [2.45, 2.75) is 58.9 Å². The topological polar surface area (TPSA) is 35.5 Å². The van der Waals surface area contributed by atoms with Gasteiger partial charge in [-0.3, -0.25) is 4.79 Å². The molecule has 0 bridgehead atoms. The Labute approximate surface area is 101 Å². The Morgan fingerprint density at radius 3 is 1.94 bits per heavy atom. The second kappa shape index (κ2) is 5.32. The van der Waals surface area contributed by atoms with Crippen molar-refractivity contribution in [2.24, 2.45) is 5.92 Å². The summed E-state index contributed by atoms with van der Waals surface area (Å²) in [5.41, 5.74) is 0. The van der Waals surface area contributed by atoms with Crippen molar-refractivity contribution in [3.8, 4) is 0 Å². The first-order valence-electron chi connectivity index (χ1n) is 5.78. The van der Waals surface area contributed by atoms with Crippen LogP contribution in [0.4, 0.5) is 0 Å². The quantitative estimate of drug-likeness (QED) is 0.564. The fourth-order valence-corrected chi connectivity index (χ4v) is 2.61. The zero-order valence-corrected chi connectivity index (χ0v) is 12.9. The van der Waals surface area contributed by atoms with Crippen LogP contribution in [-0.4, -0.2) is 27.5 Å². The Hall–Kier alpha value is -0.353. The van der Waals surface area contributed by atoms with Crippen LogP contribution in [0.15, 0.2) is 0 Å². The average molecular weight is 246 g/mol. The summed E-state index contributed by atoms with van der Waals surface area (Å²) in [4.78, 5) is 11.4. The smallest absolute Gasteiger partial charge is 0.310 e. The summed E-state index contributed by atoms with van der Waals surface area (Å²) in [5.74, 6) is -0.412. The van der Waals surface area contributed by atoms with Gasteiger partial charge in [-0.1, -0.05) is 20.8 Å². The largest absolute Gasteiger partial charge is 0.469 e. The van der Waals surface area contributed by atoms with Gasteiger partial charge < -0.3 is 9.16 Å². The molecule has 2 atom stereocenters. The second-order valence-corrected chi connectivity index (χ2v) is 10.7. The Morgan fingerprint density at radius 1 is 1.19 bits per heavy atom. The highest BCUT2D eigenvalue weighted by Crippen LogP contribution is 2.38. The Kier molecular flexibility index (Phi) is 5.20. The van der Waals surface area contributed by atoms with E-state index in [9.17, 15) is 4.79 Å². The molecule has 16 heavy (non-hydrogen) atoms. The predicted molar refractivity (Wildman–Crippen MR) is 68.9 cm³/mol. The van der Waals surface area contributed by atoms with Gasteiger partial charge in [-0.2, -0.15) is 0 Å². The minimum absolute atomic E-state index is 0.0895. The third-order valence-electron chi connectivity index (χ3n) is 3.56. The van der Waals surface area contributed by atoms with E-state index in [4.69, 9.17) is 9.16 Å². The highest BCUT2D eigenvalue weighted by Gasteiger charge is 2.40. The van der Waals surface area contributed by atoms with Gasteiger partial charge in [0.2, 0.25) is 0 Å². The van der Waals surface area contributed by atoms with Crippen molar-refractivity contribution in [1.29, 1.82) is 0 Å². The lowest BCUT2D eigenvalue weighted by molar-refractivity contribution is -0.147. The number of ether oxygens (including phenoxy) is 1. The molecule has 0 aliphatic heterocycles. The minimum atomic E-state index is -1.80. The Balaban J connectivity index is 4.56. The van der Waals surface area contributed by atoms with Gasteiger partial charge in [-0.15, -0.1) is 0 Å². The standard InChI is InChI=1S/C12H26O3Si/c1-9(11(13)14-6)10(2)15-16(7,8)12(3,4)5/h9-10H,1-8H3/t9-,10-/m0/s1. The molecule has 96 valence electrons. The highest BCUT2D eigenvalue weighted by molar-refractivity contribution is 6.74. The van der Waals surface area contributed by atoms with Crippen LogP contribution in [0.25, 0.3) is 0 Å². The van der Waals surface area contributed by atoms with Crippen molar-refractivity contribution in [3.63, 3.8) is 0 Å². The van der Waals surface area contributed by atoms with E-state index in [0.717, 1.165) is 0 Å². The van der Waals surface area contributed by atoms with Crippen LogP contribution in [0.3, 0.4) is 0 Å². The first-order chi connectivity index (χ1) is 7.03. The molecule has 0 spiro atoms. The summed E-state index contributed by atoms with van der Waals surface area (Å²) in [6, 6.07) is 0. The molecule has 4 heteroatoms. The van der Waals surface area contributed by atoms with Gasteiger partial charge >= 0.3 is 5.97 Å². The number of esters is 1. The van der Waals surface area contributed by atoms with E-state index in [1.54, 1.807) is 0 Å². The maximum Gasteiger partial charge on any atom is 0.310 e. The molecule has 0 rings (SSSR count). The third kappa shape index (κ3) is 3.90. The summed E-state index contributed by atoms with van der Waals surface area (Å²) >= 11 is 0. The van der Waals surface area contributed by atoms with Gasteiger partial charge in [0.1, 0.15) is 0 Å². The van der Waals surface area contributed by atoms with Crippen LogP contribution >= 0.6 is 0 Å². The SMILES string of the molecule is COC(=O)[C@@H](C)[C@H](C)O[Si](C)(C)C(C)(C)C. The van der Waals surface area contributed by atoms with E-state index in [1.807, 2.05) is 13.8 Å². The molecule has 0 radical (unpaired) electrons. The predicted octanol–water partition coefficient (Wildman–Crippen LogP) is 3.21. The molecule has 0 aromatic carbocycles. The van der Waals surface area contributed by atoms with E-state index < -0.39 is 8.32 Å². The van der Waals surface area contributed by atoms with Crippen molar-refractivity contribution in [2.75, 3.05) is 7.11 Å². The monoisotopic (exact) mass is 246 g/mol. The number of carbonyl (C=O) groups excluding carboxylic acids is 1. The van der Waals surface area contributed by atoms with Gasteiger partial charge in [-0.05, 0) is 32.0 Å². The molecule has 0 heterocycles. The van der Waals surface area contributed by atoms with Crippen LogP contribution in [0, 0.1) is 5.92 Å². The molecule has 0 unspecified atom stereocenters. The zero-order valence-electron chi connectivity index (χ0n) is 11.9. The lowest BCUT2D eigenvalue weighted by Gasteiger charge is -2.39. The Morgan fingerprint density at radius 2 is 1.62 bits per heavy atom. The normalized spacial score (nSPS) is 16.8. The van der Waals surface area contributed by atoms with Gasteiger partial charge in [-0.25, -0.2) is 0 Å². The molecule has 0 aliphatic rings. The molecule has 0 fully saturated rings. The first-order valence-corrected chi connectivity index (χ1v) is 8.69. The molecule has 0 N–H and O–H groups in total. The van der Waals surface area contributed by atoms with Crippen molar-refractivity contribution in [3.05, 3.63) is 0 Å². The van der Waals surface area contributed by atoms with Crippen LogP contribution in [0.5, 0.6) is 0 Å². The third-order valence-corrected chi connectivity index (χ3v) is 8.14. The lowest BCUT2D eigenvalue weighted by atomic mass is 10.1. The molecule has 0 saturated heterocycles. The second-order valence-electron chi connectivity index (χ2n) is 5.90. The number of methoxy groups -OCH3 is 1. The maximum atomic E-state index is 11.4. The molecule has 0 saturated carbocycles. The molecule has 0 amide bonds. The highest BCUT2D eigenvalue weighted by atomic mass is 28.4. The lowest BCUT2D eigenvalue weighted by Crippen LogP contribution is -2.45. The van der Waals surface area contributed by atoms with Gasteiger partial charge in [0, 0.05) is 0 Å². The van der Waals surface area contributed by atoms with Crippen LogP contribution in [0.1, 0.15) is 34.6 Å². The fourth-order valence-electron chi connectivity index (χ4n) is 1.12. The van der Waals surface area contributed by atoms with Gasteiger partial charge in [0.25, 0.3) is 0 Å². The van der Waals surface area contributed by atoms with Crippen LogP contribution < -0.4 is 0 Å². The summed E-state index contributed by atoms with van der Waals surface area (Å²) in [5, 5.41) is 0.164. The molecule has 0 aromatic heterocycles. The first kappa shape index (κ1) is 15.6. The average Bonchev–Trinajstić information content (AvgIpc) is 2.12. The number of carbonyl (C=O) groups is 1. The molecular weight excluding hydrogens is 220 g/mol. The summed E-state index contributed by atoms with van der Waals surface area (Å²) in [7, 11) is -0.383. The molecular formula is C12H26O3Si. The fraction of sp³-hybridized carbons (Fsp3) is 0.917. The number of rotatable bonds is 4. The van der Waals surface area contributed by atoms with E-state index in [2.05, 4.69) is 33.9 Å². The van der Waals surface area contributed by atoms with E-state index >= 15 is 0 Å². The number of hydrogen-bond acceptors (Lipinski definition) is 3. The van der Waals surface area contributed by atoms with Crippen LogP contribution in [-0.2, 0) is 14.0 Å². The summed E-state index contributed by atoms with van der Waals surface area (Å²) in [6.45, 7) is 14.7. The molecule has 3 nitrogen and oxygen atoms in total. The maximum absolute atomic E-state index is 11.4.